The fourth-order valence-electron chi connectivity index (χ4n) is 6.59. The normalized spacial score (nSPS) is 18.2. The van der Waals surface area contributed by atoms with Gasteiger partial charge < -0.3 is 9.80 Å². The Morgan fingerprint density at radius 1 is 0.457 bits per heavy atom. The predicted octanol–water partition coefficient (Wildman–Crippen LogP) is 11.9. The summed E-state index contributed by atoms with van der Waals surface area (Å²) in [4.78, 5) is 5.10. The fourth-order valence-corrected chi connectivity index (χ4v) is 6.85. The van der Waals surface area contributed by atoms with Gasteiger partial charge in [0.15, 0.2) is 0 Å². The summed E-state index contributed by atoms with van der Waals surface area (Å²) in [6.07, 6.45) is 2.44. The van der Waals surface area contributed by atoms with Crippen LogP contribution in [-0.4, -0.2) is 0 Å². The molecule has 0 radical (unpaired) electrons. The van der Waals surface area contributed by atoms with Crippen LogP contribution in [0.3, 0.4) is 0 Å². The van der Waals surface area contributed by atoms with Crippen LogP contribution in [0.5, 0.6) is 0 Å². The standard InChI is InChI=1S/C42H34Cl2N2/c1-30-17-19-32(20-18-30)40-29-39(31-11-5-2-6-12-31)45(37-13-7-3-8-14-37)41(33-21-25-35(43)26-22-33)42(34-23-27-36(44)28-24-34)46(40)38-15-9-4-10-16-38/h2-29,40-42H,1H3/t40?,41-,42-/m0/s1. The molecule has 1 heterocycles. The average Bonchev–Trinajstić information content (AvgIpc) is 3.26. The monoisotopic (exact) mass is 636 g/mol. The highest BCUT2D eigenvalue weighted by Crippen LogP contribution is 2.52. The highest BCUT2D eigenvalue weighted by Gasteiger charge is 2.42. The van der Waals surface area contributed by atoms with Crippen LogP contribution in [0.15, 0.2) is 170 Å². The lowest BCUT2D eigenvalue weighted by atomic mass is 9.88. The Hall–Kier alpha value is -4.76. The molecule has 226 valence electrons. The number of halogens is 2. The van der Waals surface area contributed by atoms with Gasteiger partial charge in [0.25, 0.3) is 0 Å². The molecule has 0 aromatic heterocycles. The van der Waals surface area contributed by atoms with Crippen molar-refractivity contribution >= 4 is 40.3 Å². The lowest BCUT2D eigenvalue weighted by Crippen LogP contribution is -2.39. The molecule has 2 nitrogen and oxygen atoms in total. The second-order valence-corrected chi connectivity index (χ2v) is 12.6. The van der Waals surface area contributed by atoms with Crippen LogP contribution in [0.25, 0.3) is 5.70 Å². The largest absolute Gasteiger partial charge is 0.351 e. The number of aryl methyl sites for hydroxylation is 1. The molecule has 46 heavy (non-hydrogen) atoms. The van der Waals surface area contributed by atoms with Gasteiger partial charge in [-0.05, 0) is 83.8 Å². The molecule has 0 bridgehead atoms. The number of para-hydroxylation sites is 2. The molecule has 1 unspecified atom stereocenters. The van der Waals surface area contributed by atoms with E-state index in [1.165, 1.54) is 11.1 Å². The number of nitrogens with zero attached hydrogens (tertiary/aromatic N) is 2. The van der Waals surface area contributed by atoms with E-state index in [-0.39, 0.29) is 18.1 Å². The maximum Gasteiger partial charge on any atom is 0.0837 e. The van der Waals surface area contributed by atoms with E-state index in [9.17, 15) is 0 Å². The number of benzene rings is 6. The van der Waals surface area contributed by atoms with Crippen LogP contribution in [0.4, 0.5) is 11.4 Å². The Morgan fingerprint density at radius 2 is 0.913 bits per heavy atom. The van der Waals surface area contributed by atoms with Crippen molar-refractivity contribution in [2.24, 2.45) is 0 Å². The Morgan fingerprint density at radius 3 is 1.46 bits per heavy atom. The lowest BCUT2D eigenvalue weighted by molar-refractivity contribution is 0.501. The average molecular weight is 638 g/mol. The first-order valence-electron chi connectivity index (χ1n) is 15.6. The van der Waals surface area contributed by atoms with Gasteiger partial charge in [0.1, 0.15) is 0 Å². The van der Waals surface area contributed by atoms with Gasteiger partial charge in [-0.3, -0.25) is 0 Å². The summed E-state index contributed by atoms with van der Waals surface area (Å²) in [6, 6.07) is 57.5. The Bertz CT molecular complexity index is 1910. The molecule has 0 spiro atoms. The van der Waals surface area contributed by atoms with E-state index in [0.29, 0.717) is 10.0 Å². The minimum absolute atomic E-state index is 0.109. The number of rotatable bonds is 6. The first-order valence-corrected chi connectivity index (χ1v) is 16.3. The van der Waals surface area contributed by atoms with Crippen LogP contribution in [0.2, 0.25) is 10.0 Å². The van der Waals surface area contributed by atoms with E-state index in [4.69, 9.17) is 23.2 Å². The number of hydrogen-bond donors (Lipinski definition) is 0. The molecule has 3 atom stereocenters. The summed E-state index contributed by atoms with van der Waals surface area (Å²) >= 11 is 13.0. The van der Waals surface area contributed by atoms with Crippen molar-refractivity contribution in [3.63, 3.8) is 0 Å². The second kappa shape index (κ2) is 13.3. The van der Waals surface area contributed by atoms with Gasteiger partial charge in [-0.15, -0.1) is 0 Å². The van der Waals surface area contributed by atoms with E-state index in [0.717, 1.165) is 33.8 Å². The van der Waals surface area contributed by atoms with E-state index in [1.807, 2.05) is 24.3 Å². The second-order valence-electron chi connectivity index (χ2n) is 11.7. The zero-order valence-corrected chi connectivity index (χ0v) is 27.1. The van der Waals surface area contributed by atoms with Crippen molar-refractivity contribution in [2.75, 3.05) is 9.80 Å². The molecule has 6 aromatic carbocycles. The van der Waals surface area contributed by atoms with Crippen LogP contribution >= 0.6 is 23.2 Å². The Kier molecular flexibility index (Phi) is 8.66. The number of hydrogen-bond acceptors (Lipinski definition) is 2. The molecule has 7 rings (SSSR count). The molecule has 0 N–H and O–H groups in total. The topological polar surface area (TPSA) is 6.48 Å². The SMILES string of the molecule is Cc1ccc(C2C=C(c3ccccc3)N(c3ccccc3)[C@@H](c3ccc(Cl)cc3)[C@H](c3ccc(Cl)cc3)N2c2ccccc2)cc1. The van der Waals surface area contributed by atoms with Crippen molar-refractivity contribution in [1.82, 2.24) is 0 Å². The minimum atomic E-state index is -0.164. The van der Waals surface area contributed by atoms with E-state index in [2.05, 4.69) is 162 Å². The van der Waals surface area contributed by atoms with Crippen LogP contribution < -0.4 is 9.80 Å². The summed E-state index contributed by atoms with van der Waals surface area (Å²) in [5.41, 5.74) is 9.28. The maximum atomic E-state index is 6.53. The summed E-state index contributed by atoms with van der Waals surface area (Å²) in [5, 5.41) is 1.42. The Balaban J connectivity index is 1.62. The summed E-state index contributed by atoms with van der Waals surface area (Å²) in [5.74, 6) is 0. The fraction of sp³-hybridized carbons (Fsp3) is 0.0952. The zero-order valence-electron chi connectivity index (χ0n) is 25.5. The Labute approximate surface area is 281 Å². The molecule has 0 amide bonds. The molecule has 4 heteroatoms. The molecule has 1 aliphatic rings. The molecular weight excluding hydrogens is 603 g/mol. The molecule has 0 saturated heterocycles. The highest BCUT2D eigenvalue weighted by atomic mass is 35.5. The third-order valence-corrected chi connectivity index (χ3v) is 9.26. The minimum Gasteiger partial charge on any atom is -0.351 e. The van der Waals surface area contributed by atoms with Crippen LogP contribution in [0, 0.1) is 6.92 Å². The highest BCUT2D eigenvalue weighted by molar-refractivity contribution is 6.30. The van der Waals surface area contributed by atoms with E-state index in [1.54, 1.807) is 0 Å². The quantitative estimate of drug-likeness (QED) is 0.179. The third kappa shape index (κ3) is 6.07. The summed E-state index contributed by atoms with van der Waals surface area (Å²) in [7, 11) is 0. The van der Waals surface area contributed by atoms with Gasteiger partial charge >= 0.3 is 0 Å². The molecule has 0 fully saturated rings. The molecule has 1 aliphatic heterocycles. The van der Waals surface area contributed by atoms with Crippen molar-refractivity contribution < 1.29 is 0 Å². The van der Waals surface area contributed by atoms with Crippen LogP contribution in [-0.2, 0) is 0 Å². The predicted molar refractivity (Wildman–Crippen MR) is 195 cm³/mol. The van der Waals surface area contributed by atoms with E-state index >= 15 is 0 Å². The van der Waals surface area contributed by atoms with Gasteiger partial charge in [-0.25, -0.2) is 0 Å². The van der Waals surface area contributed by atoms with E-state index < -0.39 is 0 Å². The van der Waals surface area contributed by atoms with Gasteiger partial charge in [0, 0.05) is 27.1 Å². The van der Waals surface area contributed by atoms with Gasteiger partial charge in [-0.2, -0.15) is 0 Å². The van der Waals surface area contributed by atoms with Gasteiger partial charge in [0.2, 0.25) is 0 Å². The van der Waals surface area contributed by atoms with Crippen molar-refractivity contribution in [3.05, 3.63) is 208 Å². The third-order valence-electron chi connectivity index (χ3n) is 8.75. The molecular formula is C42H34Cl2N2. The van der Waals surface area contributed by atoms with Gasteiger partial charge in [0.05, 0.1) is 18.1 Å². The smallest absolute Gasteiger partial charge is 0.0837 e. The first-order chi connectivity index (χ1) is 22.6. The molecule has 0 saturated carbocycles. The number of anilines is 2. The lowest BCUT2D eigenvalue weighted by Gasteiger charge is -2.45. The zero-order chi connectivity index (χ0) is 31.5. The summed E-state index contributed by atoms with van der Waals surface area (Å²) in [6.45, 7) is 2.14. The maximum absolute atomic E-state index is 6.53. The van der Waals surface area contributed by atoms with Gasteiger partial charge in [-0.1, -0.05) is 144 Å². The van der Waals surface area contributed by atoms with Crippen molar-refractivity contribution in [3.8, 4) is 0 Å². The van der Waals surface area contributed by atoms with Crippen LogP contribution in [0.1, 0.15) is 45.9 Å². The first kappa shape index (κ1) is 29.9. The molecule has 0 aliphatic carbocycles. The van der Waals surface area contributed by atoms with Crippen molar-refractivity contribution in [2.45, 2.75) is 25.0 Å². The summed E-state index contributed by atoms with van der Waals surface area (Å²) < 4.78 is 0. The van der Waals surface area contributed by atoms with Crippen molar-refractivity contribution in [1.29, 1.82) is 0 Å². The molecule has 6 aromatic rings.